The van der Waals surface area contributed by atoms with Crippen LogP contribution in [0.3, 0.4) is 0 Å². The Balaban J connectivity index is 1.52. The van der Waals surface area contributed by atoms with E-state index in [2.05, 4.69) is 10.4 Å². The molecule has 1 N–H and O–H groups in total. The minimum absolute atomic E-state index is 0.0997. The summed E-state index contributed by atoms with van der Waals surface area (Å²) in [7, 11) is 1.68. The van der Waals surface area contributed by atoms with Crippen LogP contribution in [0.2, 0.25) is 5.02 Å². The van der Waals surface area contributed by atoms with Gasteiger partial charge in [-0.25, -0.2) is 4.68 Å². The number of ether oxygens (including phenoxy) is 1. The average molecular weight is 410 g/mol. The number of hydrogen-bond donors (Lipinski definition) is 1. The first-order chi connectivity index (χ1) is 14.1. The van der Waals surface area contributed by atoms with Crippen LogP contribution in [0.1, 0.15) is 51.5 Å². The molecule has 1 fully saturated rings. The highest BCUT2D eigenvalue weighted by molar-refractivity contribution is 6.31. The van der Waals surface area contributed by atoms with Crippen molar-refractivity contribution in [3.8, 4) is 5.69 Å². The van der Waals surface area contributed by atoms with E-state index in [1.807, 2.05) is 54.1 Å². The fourth-order valence-electron chi connectivity index (χ4n) is 3.40. The van der Waals surface area contributed by atoms with Crippen molar-refractivity contribution in [3.63, 3.8) is 0 Å². The minimum Gasteiger partial charge on any atom is -0.380 e. The number of carbonyl (C=O) groups is 1. The van der Waals surface area contributed by atoms with Gasteiger partial charge in [-0.2, -0.15) is 5.10 Å². The molecule has 1 heterocycles. The molecule has 0 radical (unpaired) electrons. The summed E-state index contributed by atoms with van der Waals surface area (Å²) in [4.78, 5) is 12.9. The second kappa shape index (κ2) is 8.39. The number of benzene rings is 2. The Labute approximate surface area is 175 Å². The summed E-state index contributed by atoms with van der Waals surface area (Å²) in [5.74, 6) is 0.268. The Hall–Kier alpha value is -2.63. The first-order valence-electron chi connectivity index (χ1n) is 9.76. The van der Waals surface area contributed by atoms with Gasteiger partial charge in [0.2, 0.25) is 0 Å². The van der Waals surface area contributed by atoms with Crippen molar-refractivity contribution in [2.24, 2.45) is 0 Å². The fraction of sp³-hybridized carbons (Fsp3) is 0.304. The standard InChI is InChI=1S/C23H24ClN3O2/c1-15-3-10-19(11-21(15)24)27-22(18-8-9-18)20(13-26-27)23(28)25-12-16-4-6-17(7-5-16)14-29-2/h3-7,10-11,13,18H,8-9,12,14H2,1-2H3,(H,25,28). The van der Waals surface area contributed by atoms with E-state index >= 15 is 0 Å². The maximum Gasteiger partial charge on any atom is 0.255 e. The van der Waals surface area contributed by atoms with Crippen LogP contribution in [0.15, 0.2) is 48.7 Å². The van der Waals surface area contributed by atoms with Crippen LogP contribution in [0.4, 0.5) is 0 Å². The molecule has 0 spiro atoms. The first kappa shape index (κ1) is 19.7. The highest BCUT2D eigenvalue weighted by Gasteiger charge is 2.33. The van der Waals surface area contributed by atoms with E-state index in [1.165, 1.54) is 0 Å². The number of aryl methyl sites for hydroxylation is 1. The SMILES string of the molecule is COCc1ccc(CNC(=O)c2cnn(-c3ccc(C)c(Cl)c3)c2C2CC2)cc1. The van der Waals surface area contributed by atoms with E-state index in [4.69, 9.17) is 16.3 Å². The van der Waals surface area contributed by atoms with E-state index < -0.39 is 0 Å². The molecule has 1 aromatic heterocycles. The molecule has 0 bridgehead atoms. The molecule has 4 rings (SSSR count). The Morgan fingerprint density at radius 3 is 2.59 bits per heavy atom. The summed E-state index contributed by atoms with van der Waals surface area (Å²) in [6.45, 7) is 3.02. The molecule has 0 atom stereocenters. The Kier molecular flexibility index (Phi) is 5.69. The van der Waals surface area contributed by atoms with Crippen LogP contribution < -0.4 is 5.32 Å². The zero-order valence-electron chi connectivity index (χ0n) is 16.6. The summed E-state index contributed by atoms with van der Waals surface area (Å²) in [6.07, 6.45) is 3.82. The lowest BCUT2D eigenvalue weighted by Crippen LogP contribution is -2.23. The van der Waals surface area contributed by atoms with Crippen molar-refractivity contribution in [1.82, 2.24) is 15.1 Å². The second-order valence-corrected chi connectivity index (χ2v) is 7.90. The van der Waals surface area contributed by atoms with Gasteiger partial charge < -0.3 is 10.1 Å². The summed E-state index contributed by atoms with van der Waals surface area (Å²) in [6, 6.07) is 13.9. The zero-order chi connectivity index (χ0) is 20.4. The van der Waals surface area contributed by atoms with Crippen LogP contribution in [0, 0.1) is 6.92 Å². The number of rotatable bonds is 7. The number of aromatic nitrogens is 2. The van der Waals surface area contributed by atoms with Gasteiger partial charge in [0.05, 0.1) is 29.7 Å². The molecule has 1 saturated carbocycles. The molecular weight excluding hydrogens is 386 g/mol. The van der Waals surface area contributed by atoms with Gasteiger partial charge in [0.25, 0.3) is 5.91 Å². The highest BCUT2D eigenvalue weighted by atomic mass is 35.5. The molecule has 1 aliphatic carbocycles. The summed E-state index contributed by atoms with van der Waals surface area (Å²) >= 11 is 6.30. The van der Waals surface area contributed by atoms with Crippen molar-refractivity contribution in [2.75, 3.05) is 7.11 Å². The van der Waals surface area contributed by atoms with E-state index in [9.17, 15) is 4.79 Å². The predicted octanol–water partition coefficient (Wildman–Crippen LogP) is 4.79. The Bertz CT molecular complexity index is 1020. The van der Waals surface area contributed by atoms with Crippen LogP contribution in [-0.2, 0) is 17.9 Å². The van der Waals surface area contributed by atoms with Gasteiger partial charge in [-0.1, -0.05) is 41.9 Å². The predicted molar refractivity (Wildman–Crippen MR) is 114 cm³/mol. The van der Waals surface area contributed by atoms with Gasteiger partial charge in [0.15, 0.2) is 0 Å². The summed E-state index contributed by atoms with van der Waals surface area (Å²) in [5, 5.41) is 8.23. The molecule has 2 aromatic carbocycles. The van der Waals surface area contributed by atoms with Crippen LogP contribution in [-0.4, -0.2) is 22.8 Å². The van der Waals surface area contributed by atoms with Gasteiger partial charge in [0, 0.05) is 24.6 Å². The van der Waals surface area contributed by atoms with Gasteiger partial charge in [-0.3, -0.25) is 4.79 Å². The molecule has 0 aliphatic heterocycles. The Morgan fingerprint density at radius 1 is 1.21 bits per heavy atom. The molecule has 1 amide bonds. The number of methoxy groups -OCH3 is 1. The lowest BCUT2D eigenvalue weighted by molar-refractivity contribution is 0.0950. The lowest BCUT2D eigenvalue weighted by atomic mass is 10.1. The molecule has 0 saturated heterocycles. The highest BCUT2D eigenvalue weighted by Crippen LogP contribution is 2.42. The number of nitrogens with one attached hydrogen (secondary N) is 1. The van der Waals surface area contributed by atoms with Gasteiger partial charge in [0.1, 0.15) is 0 Å². The Morgan fingerprint density at radius 2 is 1.93 bits per heavy atom. The van der Waals surface area contributed by atoms with Gasteiger partial charge >= 0.3 is 0 Å². The minimum atomic E-state index is -0.0997. The second-order valence-electron chi connectivity index (χ2n) is 7.50. The molecule has 1 aliphatic rings. The van der Waals surface area contributed by atoms with Crippen LogP contribution in [0.5, 0.6) is 0 Å². The number of nitrogens with zero attached hydrogens (tertiary/aromatic N) is 2. The van der Waals surface area contributed by atoms with E-state index in [0.717, 1.165) is 40.9 Å². The van der Waals surface area contributed by atoms with Crippen LogP contribution >= 0.6 is 11.6 Å². The van der Waals surface area contributed by atoms with Gasteiger partial charge in [-0.15, -0.1) is 0 Å². The van der Waals surface area contributed by atoms with Crippen molar-refractivity contribution < 1.29 is 9.53 Å². The first-order valence-corrected chi connectivity index (χ1v) is 10.1. The monoisotopic (exact) mass is 409 g/mol. The van der Waals surface area contributed by atoms with E-state index in [0.29, 0.717) is 29.7 Å². The van der Waals surface area contributed by atoms with Crippen molar-refractivity contribution >= 4 is 17.5 Å². The molecule has 5 nitrogen and oxygen atoms in total. The zero-order valence-corrected chi connectivity index (χ0v) is 17.4. The third-order valence-electron chi connectivity index (χ3n) is 5.20. The van der Waals surface area contributed by atoms with E-state index in [-0.39, 0.29) is 5.91 Å². The van der Waals surface area contributed by atoms with Crippen molar-refractivity contribution in [3.05, 3.63) is 81.6 Å². The van der Waals surface area contributed by atoms with Crippen LogP contribution in [0.25, 0.3) is 5.69 Å². The maximum absolute atomic E-state index is 12.9. The topological polar surface area (TPSA) is 56.1 Å². The molecular formula is C23H24ClN3O2. The number of halogens is 1. The smallest absolute Gasteiger partial charge is 0.255 e. The quantitative estimate of drug-likeness (QED) is 0.610. The normalized spacial score (nSPS) is 13.5. The van der Waals surface area contributed by atoms with Crippen molar-refractivity contribution in [2.45, 2.75) is 38.8 Å². The third kappa shape index (κ3) is 4.36. The van der Waals surface area contributed by atoms with Gasteiger partial charge in [-0.05, 0) is 48.6 Å². The average Bonchev–Trinajstić information content (AvgIpc) is 3.47. The largest absolute Gasteiger partial charge is 0.380 e. The molecule has 29 heavy (non-hydrogen) atoms. The fourth-order valence-corrected chi connectivity index (χ4v) is 3.57. The summed E-state index contributed by atoms with van der Waals surface area (Å²) in [5.41, 5.74) is 5.67. The third-order valence-corrected chi connectivity index (χ3v) is 5.61. The lowest BCUT2D eigenvalue weighted by Gasteiger charge is -2.11. The van der Waals surface area contributed by atoms with Crippen molar-refractivity contribution in [1.29, 1.82) is 0 Å². The number of hydrogen-bond acceptors (Lipinski definition) is 3. The number of amides is 1. The molecule has 0 unspecified atom stereocenters. The van der Waals surface area contributed by atoms with E-state index in [1.54, 1.807) is 13.3 Å². The molecule has 150 valence electrons. The molecule has 3 aromatic rings. The maximum atomic E-state index is 12.9. The summed E-state index contributed by atoms with van der Waals surface area (Å²) < 4.78 is 6.99. The molecule has 6 heteroatoms. The number of carbonyl (C=O) groups excluding carboxylic acids is 1.